The molecular formula is C21H28N2O2. The van der Waals surface area contributed by atoms with Gasteiger partial charge in [0.05, 0.1) is 19.3 Å². The second-order valence-electron chi connectivity index (χ2n) is 8.37. The topological polar surface area (TPSA) is 44.7 Å². The first kappa shape index (κ1) is 15.7. The van der Waals surface area contributed by atoms with Gasteiger partial charge < -0.3 is 15.2 Å². The van der Waals surface area contributed by atoms with Crippen LogP contribution in [0.15, 0.2) is 30.4 Å². The van der Waals surface area contributed by atoms with Gasteiger partial charge in [-0.25, -0.2) is 0 Å². The van der Waals surface area contributed by atoms with Gasteiger partial charge in [-0.2, -0.15) is 0 Å². The van der Waals surface area contributed by atoms with E-state index in [4.69, 9.17) is 4.74 Å². The summed E-state index contributed by atoms with van der Waals surface area (Å²) < 4.78 is 5.44. The third-order valence-corrected chi connectivity index (χ3v) is 7.85. The highest BCUT2D eigenvalue weighted by Crippen LogP contribution is 2.64. The van der Waals surface area contributed by atoms with Crippen molar-refractivity contribution in [2.45, 2.75) is 50.3 Å². The minimum Gasteiger partial charge on any atom is -0.497 e. The lowest BCUT2D eigenvalue weighted by molar-refractivity contribution is -0.0822. The molecule has 4 heteroatoms. The number of aliphatic hydroxyl groups excluding tert-OH is 1. The minimum absolute atomic E-state index is 0.00565. The highest BCUT2D eigenvalue weighted by molar-refractivity contribution is 5.67. The van der Waals surface area contributed by atoms with Crippen LogP contribution in [0.25, 0.3) is 0 Å². The van der Waals surface area contributed by atoms with Gasteiger partial charge in [0.1, 0.15) is 5.75 Å². The number of hydrogen-bond acceptors (Lipinski definition) is 4. The molecule has 6 atom stereocenters. The van der Waals surface area contributed by atoms with E-state index in [0.717, 1.165) is 37.4 Å². The minimum atomic E-state index is -0.350. The van der Waals surface area contributed by atoms with Crippen LogP contribution < -0.4 is 10.1 Å². The van der Waals surface area contributed by atoms with Crippen molar-refractivity contribution in [2.75, 3.05) is 25.5 Å². The van der Waals surface area contributed by atoms with Crippen LogP contribution in [-0.2, 0) is 5.41 Å². The molecule has 0 amide bonds. The maximum atomic E-state index is 11.4. The number of anilines is 1. The Labute approximate surface area is 149 Å². The van der Waals surface area contributed by atoms with Crippen LogP contribution in [0.5, 0.6) is 5.75 Å². The van der Waals surface area contributed by atoms with Gasteiger partial charge in [-0.15, -0.1) is 0 Å². The second kappa shape index (κ2) is 5.01. The number of nitrogens with zero attached hydrogens (tertiary/aromatic N) is 1. The molecule has 5 rings (SSSR count). The third-order valence-electron chi connectivity index (χ3n) is 7.85. The highest BCUT2D eigenvalue weighted by Gasteiger charge is 2.70. The summed E-state index contributed by atoms with van der Waals surface area (Å²) in [5.41, 5.74) is 2.58. The summed E-state index contributed by atoms with van der Waals surface area (Å²) >= 11 is 0. The lowest BCUT2D eigenvalue weighted by Gasteiger charge is -2.60. The Morgan fingerprint density at radius 3 is 3.00 bits per heavy atom. The number of rotatable bonds is 2. The predicted molar refractivity (Wildman–Crippen MR) is 99.1 cm³/mol. The molecule has 1 spiro atoms. The van der Waals surface area contributed by atoms with E-state index in [1.807, 2.05) is 0 Å². The first-order valence-corrected chi connectivity index (χ1v) is 9.63. The Balaban J connectivity index is 1.75. The maximum Gasteiger partial charge on any atom is 0.120 e. The summed E-state index contributed by atoms with van der Waals surface area (Å²) in [5, 5.41) is 15.1. The standard InChI is InChI=1S/C21H28N2O2/c1-4-20-8-5-10-23-11-9-21(19(20)23)15-7-6-14(25-3)12-16(15)22-18(21)17(24)13(20)2/h5-8,12-13,17-19,22,24H,4,9-11H2,1-3H3. The van der Waals surface area contributed by atoms with Gasteiger partial charge in [0, 0.05) is 35.2 Å². The molecule has 0 bridgehead atoms. The van der Waals surface area contributed by atoms with Crippen LogP contribution in [0.1, 0.15) is 32.3 Å². The average Bonchev–Trinajstić information content (AvgIpc) is 3.20. The highest BCUT2D eigenvalue weighted by atomic mass is 16.5. The Bertz CT molecular complexity index is 747. The molecular weight excluding hydrogens is 312 g/mol. The van der Waals surface area contributed by atoms with Crippen molar-refractivity contribution in [2.24, 2.45) is 11.3 Å². The van der Waals surface area contributed by atoms with Crippen molar-refractivity contribution in [3.05, 3.63) is 35.9 Å². The van der Waals surface area contributed by atoms with Crippen LogP contribution in [-0.4, -0.2) is 48.4 Å². The van der Waals surface area contributed by atoms with E-state index >= 15 is 0 Å². The van der Waals surface area contributed by atoms with Crippen LogP contribution in [0.3, 0.4) is 0 Å². The molecule has 1 saturated carbocycles. The molecule has 4 aliphatic rings. The van der Waals surface area contributed by atoms with Crippen molar-refractivity contribution >= 4 is 5.69 Å². The fourth-order valence-corrected chi connectivity index (χ4v) is 6.71. The third kappa shape index (κ3) is 1.65. The Hall–Kier alpha value is -1.52. The van der Waals surface area contributed by atoms with Gasteiger partial charge in [-0.3, -0.25) is 4.90 Å². The van der Waals surface area contributed by atoms with E-state index in [2.05, 4.69) is 54.4 Å². The van der Waals surface area contributed by atoms with Crippen LogP contribution in [0, 0.1) is 11.3 Å². The SMILES string of the molecule is CCC12C=CCN3CCC4(c5ccc(OC)cc5NC4C(O)C1C)C32. The van der Waals surface area contributed by atoms with Gasteiger partial charge in [-0.1, -0.05) is 32.1 Å². The summed E-state index contributed by atoms with van der Waals surface area (Å²) in [7, 11) is 1.71. The zero-order chi connectivity index (χ0) is 17.4. The summed E-state index contributed by atoms with van der Waals surface area (Å²) in [4.78, 5) is 2.67. The van der Waals surface area contributed by atoms with E-state index in [9.17, 15) is 5.11 Å². The lowest BCUT2D eigenvalue weighted by Crippen LogP contribution is -2.69. The number of methoxy groups -OCH3 is 1. The zero-order valence-corrected chi connectivity index (χ0v) is 15.3. The van der Waals surface area contributed by atoms with E-state index in [0.29, 0.717) is 6.04 Å². The number of fused-ring (bicyclic) bond motifs is 1. The Morgan fingerprint density at radius 2 is 2.24 bits per heavy atom. The summed E-state index contributed by atoms with van der Waals surface area (Å²) in [6, 6.07) is 6.98. The van der Waals surface area contributed by atoms with E-state index < -0.39 is 0 Å². The molecule has 1 saturated heterocycles. The monoisotopic (exact) mass is 340 g/mol. The molecule has 0 radical (unpaired) electrons. The maximum absolute atomic E-state index is 11.4. The smallest absolute Gasteiger partial charge is 0.120 e. The molecule has 6 unspecified atom stereocenters. The fourth-order valence-electron chi connectivity index (χ4n) is 6.71. The lowest BCUT2D eigenvalue weighted by atomic mass is 9.49. The van der Waals surface area contributed by atoms with Gasteiger partial charge >= 0.3 is 0 Å². The first-order valence-electron chi connectivity index (χ1n) is 9.63. The van der Waals surface area contributed by atoms with Crippen LogP contribution in [0.2, 0.25) is 0 Å². The molecule has 3 aliphatic heterocycles. The Kier molecular flexibility index (Phi) is 3.15. The molecule has 0 aromatic heterocycles. The van der Waals surface area contributed by atoms with Crippen LogP contribution >= 0.6 is 0 Å². The first-order chi connectivity index (χ1) is 12.1. The molecule has 3 heterocycles. The van der Waals surface area contributed by atoms with E-state index in [-0.39, 0.29) is 28.9 Å². The number of ether oxygens (including phenoxy) is 1. The molecule has 4 nitrogen and oxygen atoms in total. The summed E-state index contributed by atoms with van der Waals surface area (Å²) in [6.45, 7) is 6.69. The molecule has 1 aromatic carbocycles. The largest absolute Gasteiger partial charge is 0.497 e. The molecule has 1 aliphatic carbocycles. The normalized spacial score (nSPS) is 44.0. The number of hydrogen-bond donors (Lipinski definition) is 2. The molecule has 2 fully saturated rings. The number of benzene rings is 1. The molecule has 2 N–H and O–H groups in total. The Morgan fingerprint density at radius 1 is 1.40 bits per heavy atom. The van der Waals surface area contributed by atoms with Crippen LogP contribution in [0.4, 0.5) is 5.69 Å². The zero-order valence-electron chi connectivity index (χ0n) is 15.3. The molecule has 134 valence electrons. The van der Waals surface area contributed by atoms with Crippen molar-refractivity contribution in [3.63, 3.8) is 0 Å². The van der Waals surface area contributed by atoms with Crippen molar-refractivity contribution in [3.8, 4) is 5.75 Å². The van der Waals surface area contributed by atoms with E-state index in [1.165, 1.54) is 5.56 Å². The number of aliphatic hydroxyl groups is 1. The quantitative estimate of drug-likeness (QED) is 0.813. The predicted octanol–water partition coefficient (Wildman–Crippen LogP) is 2.78. The molecule has 1 aromatic rings. The van der Waals surface area contributed by atoms with Gasteiger partial charge in [0.2, 0.25) is 0 Å². The summed E-state index contributed by atoms with van der Waals surface area (Å²) in [6.07, 6.45) is 6.61. The molecule has 25 heavy (non-hydrogen) atoms. The van der Waals surface area contributed by atoms with Gasteiger partial charge in [0.15, 0.2) is 0 Å². The summed E-state index contributed by atoms with van der Waals surface area (Å²) in [5.74, 6) is 1.12. The van der Waals surface area contributed by atoms with Gasteiger partial charge in [0.25, 0.3) is 0 Å². The van der Waals surface area contributed by atoms with Crippen molar-refractivity contribution in [1.82, 2.24) is 4.90 Å². The van der Waals surface area contributed by atoms with E-state index in [1.54, 1.807) is 7.11 Å². The van der Waals surface area contributed by atoms with Crippen molar-refractivity contribution in [1.29, 1.82) is 0 Å². The van der Waals surface area contributed by atoms with Crippen molar-refractivity contribution < 1.29 is 9.84 Å². The fraction of sp³-hybridized carbons (Fsp3) is 0.619. The average molecular weight is 340 g/mol. The number of nitrogens with one attached hydrogen (secondary N) is 1. The van der Waals surface area contributed by atoms with Gasteiger partial charge in [-0.05, 0) is 36.9 Å². The second-order valence-corrected chi connectivity index (χ2v) is 8.37.